The molecule has 0 N–H and O–H groups in total. The fourth-order valence-electron chi connectivity index (χ4n) is 3.73. The van der Waals surface area contributed by atoms with E-state index in [9.17, 15) is 27.6 Å². The van der Waals surface area contributed by atoms with E-state index in [2.05, 4.69) is 9.84 Å². The number of anilines is 1. The maximum absolute atomic E-state index is 13.4. The Morgan fingerprint density at radius 2 is 1.84 bits per heavy atom. The Labute approximate surface area is 216 Å². The minimum Gasteiger partial charge on any atom is -0.452 e. The summed E-state index contributed by atoms with van der Waals surface area (Å²) in [5, 5.41) is 5.49. The standard InChI is InChI=1S/C22H17ClF3N3O7S/c1-33-19(31)29(14-4-6-15(7-5-14)37-22(24,25)26)18(30)28-11-35-21(36-20(32)34-2)10-12-9-13(23)3-8-16(12)17(21)27-28/h3-9H,10-11H2,1-2H3/t21-/m0/s1. The second-order valence-electron chi connectivity index (χ2n) is 7.54. The molecule has 37 heavy (non-hydrogen) atoms. The van der Waals surface area contributed by atoms with Crippen molar-refractivity contribution in [2.75, 3.05) is 25.9 Å². The van der Waals surface area contributed by atoms with Gasteiger partial charge >= 0.3 is 23.8 Å². The van der Waals surface area contributed by atoms with Crippen LogP contribution in [0.15, 0.2) is 52.5 Å². The number of fused-ring (bicyclic) bond motifs is 3. The van der Waals surface area contributed by atoms with Crippen molar-refractivity contribution in [1.82, 2.24) is 5.01 Å². The van der Waals surface area contributed by atoms with Crippen LogP contribution in [0.25, 0.3) is 0 Å². The van der Waals surface area contributed by atoms with Crippen LogP contribution in [0.3, 0.4) is 0 Å². The van der Waals surface area contributed by atoms with Gasteiger partial charge in [0.25, 0.3) is 5.79 Å². The number of amides is 3. The maximum Gasteiger partial charge on any atom is 0.510 e. The van der Waals surface area contributed by atoms with Crippen molar-refractivity contribution in [2.45, 2.75) is 22.6 Å². The highest BCUT2D eigenvalue weighted by Crippen LogP contribution is 2.40. The molecule has 196 valence electrons. The van der Waals surface area contributed by atoms with Crippen LogP contribution in [-0.4, -0.2) is 61.2 Å². The van der Waals surface area contributed by atoms with Gasteiger partial charge in [-0.15, -0.1) is 0 Å². The molecule has 10 nitrogen and oxygen atoms in total. The maximum atomic E-state index is 13.4. The number of halogens is 4. The molecule has 0 unspecified atom stereocenters. The van der Waals surface area contributed by atoms with E-state index in [4.69, 9.17) is 25.8 Å². The topological polar surface area (TPSA) is 107 Å². The van der Waals surface area contributed by atoms with E-state index >= 15 is 0 Å². The number of benzene rings is 2. The summed E-state index contributed by atoms with van der Waals surface area (Å²) in [5.41, 5.74) is -3.45. The van der Waals surface area contributed by atoms with Crippen LogP contribution < -0.4 is 4.90 Å². The summed E-state index contributed by atoms with van der Waals surface area (Å²) in [6, 6.07) is 8.26. The van der Waals surface area contributed by atoms with Crippen molar-refractivity contribution < 1.29 is 46.5 Å². The number of carbonyl (C=O) groups is 3. The Morgan fingerprint density at radius 1 is 1.14 bits per heavy atom. The molecule has 2 aromatic rings. The number of imide groups is 1. The first-order valence-electron chi connectivity index (χ1n) is 10.3. The molecule has 0 aromatic heterocycles. The number of alkyl halides is 3. The van der Waals surface area contributed by atoms with E-state index in [-0.39, 0.29) is 34.5 Å². The highest BCUT2D eigenvalue weighted by molar-refractivity contribution is 8.00. The van der Waals surface area contributed by atoms with Crippen LogP contribution in [-0.2, 0) is 25.4 Å². The van der Waals surface area contributed by atoms with Crippen molar-refractivity contribution in [3.8, 4) is 0 Å². The van der Waals surface area contributed by atoms with E-state index in [0.717, 1.165) is 43.5 Å². The molecule has 0 bridgehead atoms. The van der Waals surface area contributed by atoms with Gasteiger partial charge in [0.2, 0.25) is 0 Å². The number of hydrogen-bond donors (Lipinski definition) is 0. The average Bonchev–Trinajstić information content (AvgIpc) is 3.15. The fraction of sp³-hybridized carbons (Fsp3) is 0.273. The Hall–Kier alpha value is -3.49. The van der Waals surface area contributed by atoms with Crippen LogP contribution in [0, 0.1) is 0 Å². The first kappa shape index (κ1) is 26.6. The molecule has 1 aliphatic carbocycles. The molecule has 0 fully saturated rings. The monoisotopic (exact) mass is 559 g/mol. The van der Waals surface area contributed by atoms with Crippen LogP contribution >= 0.6 is 23.4 Å². The second-order valence-corrected chi connectivity index (χ2v) is 9.11. The molecule has 15 heteroatoms. The Balaban J connectivity index is 1.69. The predicted molar refractivity (Wildman–Crippen MR) is 124 cm³/mol. The summed E-state index contributed by atoms with van der Waals surface area (Å²) in [7, 11) is 2.14. The number of hydrogen-bond acceptors (Lipinski definition) is 9. The van der Waals surface area contributed by atoms with Crippen LogP contribution in [0.5, 0.6) is 0 Å². The summed E-state index contributed by atoms with van der Waals surface area (Å²) in [5.74, 6) is -1.72. The molecule has 1 aliphatic heterocycles. The summed E-state index contributed by atoms with van der Waals surface area (Å²) in [4.78, 5) is 38.3. The molecule has 3 amide bonds. The largest absolute Gasteiger partial charge is 0.510 e. The lowest BCUT2D eigenvalue weighted by Gasteiger charge is -2.36. The quantitative estimate of drug-likeness (QED) is 0.365. The Bertz CT molecular complexity index is 1280. The van der Waals surface area contributed by atoms with E-state index in [0.29, 0.717) is 21.0 Å². The summed E-state index contributed by atoms with van der Waals surface area (Å²) in [6.45, 7) is -0.559. The average molecular weight is 560 g/mol. The smallest absolute Gasteiger partial charge is 0.452 e. The molecule has 1 heterocycles. The molecular weight excluding hydrogens is 543 g/mol. The van der Waals surface area contributed by atoms with Gasteiger partial charge in [-0.1, -0.05) is 17.7 Å². The zero-order valence-corrected chi connectivity index (χ0v) is 20.6. The van der Waals surface area contributed by atoms with Crippen molar-refractivity contribution in [1.29, 1.82) is 0 Å². The third-order valence-electron chi connectivity index (χ3n) is 5.26. The molecular formula is C22H17ClF3N3O7S. The number of urea groups is 1. The number of carbonyl (C=O) groups excluding carboxylic acids is 3. The number of methoxy groups -OCH3 is 2. The molecule has 2 aliphatic rings. The summed E-state index contributed by atoms with van der Waals surface area (Å²) in [6.07, 6.45) is -2.15. The molecule has 0 saturated carbocycles. The van der Waals surface area contributed by atoms with E-state index < -0.39 is 36.3 Å². The van der Waals surface area contributed by atoms with E-state index in [1.165, 1.54) is 0 Å². The van der Waals surface area contributed by atoms with Gasteiger partial charge in [-0.05, 0) is 53.7 Å². The van der Waals surface area contributed by atoms with Crippen LogP contribution in [0.2, 0.25) is 5.02 Å². The predicted octanol–water partition coefficient (Wildman–Crippen LogP) is 5.37. The normalized spacial score (nSPS) is 18.3. The van der Waals surface area contributed by atoms with Crippen molar-refractivity contribution in [3.63, 3.8) is 0 Å². The number of rotatable bonds is 3. The third-order valence-corrected chi connectivity index (χ3v) is 6.23. The van der Waals surface area contributed by atoms with Gasteiger partial charge in [-0.25, -0.2) is 14.4 Å². The number of hydrazone groups is 1. The highest BCUT2D eigenvalue weighted by Gasteiger charge is 2.53. The minimum absolute atomic E-state index is 0.0257. The SMILES string of the molecule is COC(=O)O[C@@]12Cc3cc(Cl)ccc3C1=NN(C(=O)N(C(=O)OC)c1ccc(SC(F)(F)F)cc1)CO2. The lowest BCUT2D eigenvalue weighted by molar-refractivity contribution is -0.187. The molecule has 0 spiro atoms. The molecule has 0 saturated heterocycles. The lowest BCUT2D eigenvalue weighted by atomic mass is 10.1. The van der Waals surface area contributed by atoms with Crippen molar-refractivity contribution in [2.24, 2.45) is 5.10 Å². The number of thioether (sulfide) groups is 1. The number of nitrogens with zero attached hydrogens (tertiary/aromatic N) is 3. The highest BCUT2D eigenvalue weighted by atomic mass is 35.5. The zero-order valence-electron chi connectivity index (χ0n) is 19.1. The molecule has 0 radical (unpaired) electrons. The van der Waals surface area contributed by atoms with Gasteiger partial charge in [0.05, 0.1) is 19.9 Å². The van der Waals surface area contributed by atoms with E-state index in [1.807, 2.05) is 0 Å². The third kappa shape index (κ3) is 5.45. The summed E-state index contributed by atoms with van der Waals surface area (Å²) < 4.78 is 58.4. The molecule has 1 atom stereocenters. The first-order chi connectivity index (χ1) is 17.5. The zero-order chi connectivity index (χ0) is 27.0. The van der Waals surface area contributed by atoms with Crippen LogP contribution in [0.1, 0.15) is 11.1 Å². The van der Waals surface area contributed by atoms with Gasteiger partial charge in [0, 0.05) is 21.9 Å². The summed E-state index contributed by atoms with van der Waals surface area (Å²) >= 11 is 5.74. The molecule has 2 aromatic carbocycles. The van der Waals surface area contributed by atoms with Crippen molar-refractivity contribution in [3.05, 3.63) is 58.6 Å². The van der Waals surface area contributed by atoms with Crippen molar-refractivity contribution >= 4 is 53.0 Å². The fourth-order valence-corrected chi connectivity index (χ4v) is 4.46. The Kier molecular flexibility index (Phi) is 7.26. The van der Waals surface area contributed by atoms with Gasteiger partial charge in [0.1, 0.15) is 12.4 Å². The second kappa shape index (κ2) is 10.1. The van der Waals surface area contributed by atoms with Gasteiger partial charge < -0.3 is 18.9 Å². The Morgan fingerprint density at radius 3 is 2.46 bits per heavy atom. The van der Waals surface area contributed by atoms with Crippen LogP contribution in [0.4, 0.5) is 33.2 Å². The van der Waals surface area contributed by atoms with Gasteiger partial charge in [-0.2, -0.15) is 28.2 Å². The lowest BCUT2D eigenvalue weighted by Crippen LogP contribution is -2.54. The van der Waals surface area contributed by atoms with Gasteiger partial charge in [-0.3, -0.25) is 0 Å². The number of ether oxygens (including phenoxy) is 4. The minimum atomic E-state index is -4.51. The van der Waals surface area contributed by atoms with Gasteiger partial charge in [0.15, 0.2) is 0 Å². The molecule has 4 rings (SSSR count). The van der Waals surface area contributed by atoms with E-state index in [1.54, 1.807) is 18.2 Å². The first-order valence-corrected chi connectivity index (χ1v) is 11.5.